The topological polar surface area (TPSA) is 110 Å². The maximum atomic E-state index is 14.3. The molecule has 0 fully saturated rings. The third-order valence-electron chi connectivity index (χ3n) is 8.12. The van der Waals surface area contributed by atoms with Crippen molar-refractivity contribution in [3.63, 3.8) is 0 Å². The van der Waals surface area contributed by atoms with E-state index in [-0.39, 0.29) is 40.2 Å². The second kappa shape index (κ2) is 11.2. The molecule has 1 N–H and O–H groups in total. The first kappa shape index (κ1) is 30.6. The molecule has 1 aliphatic heterocycles. The highest BCUT2D eigenvalue weighted by Gasteiger charge is 2.36. The number of H-pyrrole nitrogens is 1. The van der Waals surface area contributed by atoms with Gasteiger partial charge in [0.2, 0.25) is 0 Å². The number of amides is 1. The number of carbonyl (C=O) groups is 1. The Labute approximate surface area is 263 Å². The molecule has 1 amide bonds. The van der Waals surface area contributed by atoms with Gasteiger partial charge in [0.05, 0.1) is 29.7 Å². The number of nitrogens with one attached hydrogen (secondary N) is 1. The molecular weight excluding hydrogens is 655 g/mol. The molecule has 10 nitrogen and oxygen atoms in total. The number of hydrogen-bond acceptors (Lipinski definition) is 5. The quantitative estimate of drug-likeness (QED) is 0.276. The van der Waals surface area contributed by atoms with Gasteiger partial charge in [0.1, 0.15) is 5.65 Å². The van der Waals surface area contributed by atoms with Gasteiger partial charge in [-0.1, -0.05) is 29.8 Å². The Kier molecular flexibility index (Phi) is 7.58. The Bertz CT molecular complexity index is 2070. The standard InChI is InChI=1S/C31H29BrF3N7O3/c1-16(2)11-20-14-36-42-25-15-40(28(43)19-7-10-24(32)23(13-19)31(33,34)35)17(3)12-22(25)29(44)41(27(20)42)21-8-5-18(6-9-21)26-37-38-30(45)39(26)4/h5-10,13-14,16-17H,11-12,15H2,1-4H3,(H,38,45)/t17-/m1/s1. The zero-order valence-corrected chi connectivity index (χ0v) is 26.4. The monoisotopic (exact) mass is 683 g/mol. The molecule has 6 rings (SSSR count). The summed E-state index contributed by atoms with van der Waals surface area (Å²) in [6.45, 7) is 5.88. The normalized spacial score (nSPS) is 15.2. The number of carbonyl (C=O) groups excluding carboxylic acids is 1. The highest BCUT2D eigenvalue weighted by molar-refractivity contribution is 9.10. The molecule has 0 unspecified atom stereocenters. The molecule has 0 saturated heterocycles. The van der Waals surface area contributed by atoms with E-state index in [9.17, 15) is 27.6 Å². The molecule has 1 aliphatic rings. The summed E-state index contributed by atoms with van der Waals surface area (Å²) in [5.74, 6) is 0.131. The summed E-state index contributed by atoms with van der Waals surface area (Å²) >= 11 is 2.93. The minimum Gasteiger partial charge on any atom is -0.330 e. The van der Waals surface area contributed by atoms with Crippen LogP contribution in [-0.2, 0) is 32.6 Å². The van der Waals surface area contributed by atoms with Gasteiger partial charge < -0.3 is 4.90 Å². The van der Waals surface area contributed by atoms with Crippen LogP contribution in [0.15, 0.2) is 62.7 Å². The van der Waals surface area contributed by atoms with Gasteiger partial charge in [-0.05, 0) is 68.1 Å². The Morgan fingerprint density at radius 3 is 2.47 bits per heavy atom. The van der Waals surface area contributed by atoms with Crippen LogP contribution in [0.1, 0.15) is 53.5 Å². The summed E-state index contributed by atoms with van der Waals surface area (Å²) in [6.07, 6.45) is -2.10. The van der Waals surface area contributed by atoms with E-state index < -0.39 is 23.7 Å². The molecular formula is C31H29BrF3N7O3. The van der Waals surface area contributed by atoms with Gasteiger partial charge in [-0.25, -0.2) is 14.4 Å². The number of hydrogen-bond donors (Lipinski definition) is 1. The van der Waals surface area contributed by atoms with E-state index in [0.717, 1.165) is 11.6 Å². The van der Waals surface area contributed by atoms with Crippen LogP contribution in [0, 0.1) is 5.92 Å². The molecule has 1 atom stereocenters. The average molecular weight is 685 g/mol. The number of benzene rings is 2. The van der Waals surface area contributed by atoms with Gasteiger partial charge in [0, 0.05) is 39.8 Å². The van der Waals surface area contributed by atoms with Crippen molar-refractivity contribution in [1.82, 2.24) is 33.8 Å². The summed E-state index contributed by atoms with van der Waals surface area (Å²) < 4.78 is 45.3. The van der Waals surface area contributed by atoms with E-state index in [0.29, 0.717) is 40.4 Å². The van der Waals surface area contributed by atoms with E-state index in [1.807, 2.05) is 0 Å². The molecule has 2 aromatic carbocycles. The number of nitrogens with zero attached hydrogens (tertiary/aromatic N) is 6. The Morgan fingerprint density at radius 2 is 1.84 bits per heavy atom. The fourth-order valence-electron chi connectivity index (χ4n) is 5.89. The predicted molar refractivity (Wildman–Crippen MR) is 164 cm³/mol. The molecule has 45 heavy (non-hydrogen) atoms. The molecule has 0 aliphatic carbocycles. The zero-order chi connectivity index (χ0) is 32.4. The van der Waals surface area contributed by atoms with Gasteiger partial charge >= 0.3 is 11.9 Å². The highest BCUT2D eigenvalue weighted by atomic mass is 79.9. The lowest BCUT2D eigenvalue weighted by atomic mass is 9.97. The molecule has 0 spiro atoms. The third kappa shape index (κ3) is 5.30. The summed E-state index contributed by atoms with van der Waals surface area (Å²) in [5, 5.41) is 11.1. The van der Waals surface area contributed by atoms with Crippen molar-refractivity contribution >= 4 is 27.5 Å². The van der Waals surface area contributed by atoms with Gasteiger partial charge in [0.25, 0.3) is 11.5 Å². The minimum absolute atomic E-state index is 0.00570. The molecule has 14 heteroatoms. The summed E-state index contributed by atoms with van der Waals surface area (Å²) in [4.78, 5) is 41.3. The molecule has 0 bridgehead atoms. The minimum atomic E-state index is -4.64. The number of halogens is 4. The van der Waals surface area contributed by atoms with Crippen molar-refractivity contribution < 1.29 is 18.0 Å². The lowest BCUT2D eigenvalue weighted by Crippen LogP contribution is -2.46. The molecule has 0 saturated carbocycles. The van der Waals surface area contributed by atoms with Crippen LogP contribution in [0.25, 0.3) is 22.7 Å². The first-order valence-electron chi connectivity index (χ1n) is 14.3. The molecule has 5 aromatic rings. The summed E-state index contributed by atoms with van der Waals surface area (Å²) in [6, 6.07) is 10.1. The predicted octanol–water partition coefficient (Wildman–Crippen LogP) is 5.14. The number of rotatable bonds is 5. The van der Waals surface area contributed by atoms with Crippen LogP contribution in [-0.4, -0.2) is 45.8 Å². The van der Waals surface area contributed by atoms with Crippen LogP contribution in [0.3, 0.4) is 0 Å². The van der Waals surface area contributed by atoms with Gasteiger partial charge in [-0.15, -0.1) is 0 Å². The van der Waals surface area contributed by atoms with E-state index in [2.05, 4.69) is 45.1 Å². The average Bonchev–Trinajstić information content (AvgIpc) is 3.54. The van der Waals surface area contributed by atoms with Crippen molar-refractivity contribution in [3.05, 3.63) is 102 Å². The van der Waals surface area contributed by atoms with Gasteiger partial charge in [0.15, 0.2) is 5.82 Å². The lowest BCUT2D eigenvalue weighted by Gasteiger charge is -2.35. The fraction of sp³-hybridized carbons (Fsp3) is 0.323. The summed E-state index contributed by atoms with van der Waals surface area (Å²) in [7, 11) is 1.61. The largest absolute Gasteiger partial charge is 0.417 e. The fourth-order valence-corrected chi connectivity index (χ4v) is 6.36. The third-order valence-corrected chi connectivity index (χ3v) is 8.81. The Morgan fingerprint density at radius 1 is 1.13 bits per heavy atom. The van der Waals surface area contributed by atoms with Crippen molar-refractivity contribution in [2.45, 2.75) is 52.4 Å². The van der Waals surface area contributed by atoms with Crippen LogP contribution >= 0.6 is 15.9 Å². The lowest BCUT2D eigenvalue weighted by molar-refractivity contribution is -0.138. The number of alkyl halides is 3. The van der Waals surface area contributed by atoms with Gasteiger partial charge in [-0.2, -0.15) is 23.4 Å². The molecule has 4 heterocycles. The van der Waals surface area contributed by atoms with Crippen LogP contribution in [0.4, 0.5) is 13.2 Å². The van der Waals surface area contributed by atoms with Crippen molar-refractivity contribution in [3.8, 4) is 17.1 Å². The molecule has 3 aromatic heterocycles. The number of aromatic amines is 1. The Hall–Kier alpha value is -4.46. The van der Waals surface area contributed by atoms with Crippen LogP contribution < -0.4 is 11.2 Å². The molecule has 234 valence electrons. The van der Waals surface area contributed by atoms with Crippen molar-refractivity contribution in [1.29, 1.82) is 0 Å². The van der Waals surface area contributed by atoms with E-state index in [1.54, 1.807) is 53.5 Å². The first-order chi connectivity index (χ1) is 21.3. The summed E-state index contributed by atoms with van der Waals surface area (Å²) in [5.41, 5.74) is 2.01. The van der Waals surface area contributed by atoms with Gasteiger partial charge in [-0.3, -0.25) is 18.7 Å². The second-order valence-electron chi connectivity index (χ2n) is 11.7. The van der Waals surface area contributed by atoms with E-state index >= 15 is 0 Å². The van der Waals surface area contributed by atoms with E-state index in [1.165, 1.54) is 21.6 Å². The smallest absolute Gasteiger partial charge is 0.330 e. The van der Waals surface area contributed by atoms with E-state index in [4.69, 9.17) is 0 Å². The SMILES string of the molecule is CC(C)Cc1cnn2c3c(c(=O)n(-c4ccc(-c5n[nH]c(=O)n5C)cc4)c12)C[C@@H](C)N(C(=O)c1ccc(Br)c(C(F)(F)F)c1)C3. The maximum absolute atomic E-state index is 14.3. The van der Waals surface area contributed by atoms with Crippen molar-refractivity contribution in [2.75, 3.05) is 0 Å². The number of fused-ring (bicyclic) bond motifs is 3. The first-order valence-corrected chi connectivity index (χ1v) is 15.1. The maximum Gasteiger partial charge on any atom is 0.417 e. The zero-order valence-electron chi connectivity index (χ0n) is 24.8. The second-order valence-corrected chi connectivity index (χ2v) is 12.6. The molecule has 0 radical (unpaired) electrons. The highest BCUT2D eigenvalue weighted by Crippen LogP contribution is 2.36. The van der Waals surface area contributed by atoms with Crippen molar-refractivity contribution in [2.24, 2.45) is 13.0 Å². The van der Waals surface area contributed by atoms with Crippen LogP contribution in [0.5, 0.6) is 0 Å². The Balaban J connectivity index is 1.47. The van der Waals surface area contributed by atoms with Crippen LogP contribution in [0.2, 0.25) is 0 Å². The number of aromatic nitrogens is 6.